The fraction of sp³-hybridized carbons (Fsp3) is 0.481. The van der Waals surface area contributed by atoms with Gasteiger partial charge in [0.25, 0.3) is 0 Å². The highest BCUT2D eigenvalue weighted by molar-refractivity contribution is 5.34. The van der Waals surface area contributed by atoms with E-state index in [0.29, 0.717) is 56.3 Å². The first-order valence-corrected chi connectivity index (χ1v) is 12.9. The van der Waals surface area contributed by atoms with Crippen molar-refractivity contribution >= 4 is 0 Å². The van der Waals surface area contributed by atoms with E-state index in [0.717, 1.165) is 5.56 Å². The molecule has 224 valence electrons. The largest absolute Gasteiger partial charge is 0.416 e. The van der Waals surface area contributed by atoms with Crippen molar-refractivity contribution < 1.29 is 40.6 Å². The number of halogens is 6. The summed E-state index contributed by atoms with van der Waals surface area (Å²) in [6.07, 6.45) is -12.1. The van der Waals surface area contributed by atoms with Gasteiger partial charge in [-0.2, -0.15) is 41.8 Å². The van der Waals surface area contributed by atoms with Gasteiger partial charge in [0.15, 0.2) is 6.29 Å². The maximum atomic E-state index is 13.5. The fourth-order valence-electron chi connectivity index (χ4n) is 4.61. The van der Waals surface area contributed by atoms with E-state index in [1.165, 1.54) is 6.92 Å². The minimum Gasteiger partial charge on any atom is -0.383 e. The van der Waals surface area contributed by atoms with Gasteiger partial charge in [-0.25, -0.2) is 0 Å². The molecule has 3 atom stereocenters. The summed E-state index contributed by atoms with van der Waals surface area (Å²) in [5, 5.41) is 14.4. The molecule has 3 aromatic rings. The van der Waals surface area contributed by atoms with Gasteiger partial charge in [0.05, 0.1) is 36.5 Å². The first-order valence-electron chi connectivity index (χ1n) is 12.9. The van der Waals surface area contributed by atoms with E-state index in [9.17, 15) is 26.3 Å². The van der Waals surface area contributed by atoms with Gasteiger partial charge in [0, 0.05) is 33.3 Å². The van der Waals surface area contributed by atoms with E-state index in [2.05, 4.69) is 20.7 Å². The number of nitrogens with one attached hydrogen (secondary N) is 2. The van der Waals surface area contributed by atoms with Crippen molar-refractivity contribution in [3.63, 3.8) is 0 Å². The Labute approximate surface area is 233 Å². The zero-order chi connectivity index (χ0) is 29.6. The summed E-state index contributed by atoms with van der Waals surface area (Å²) in [4.78, 5) is 2.04. The highest BCUT2D eigenvalue weighted by Crippen LogP contribution is 2.39. The molecular formula is C27H31F6N5O3. The van der Waals surface area contributed by atoms with Gasteiger partial charge < -0.3 is 19.5 Å². The summed E-state index contributed by atoms with van der Waals surface area (Å²) < 4.78 is 97.8. The van der Waals surface area contributed by atoms with Crippen LogP contribution in [0, 0.1) is 0 Å². The van der Waals surface area contributed by atoms with Crippen LogP contribution in [-0.4, -0.2) is 60.0 Å². The molecular weight excluding hydrogens is 556 g/mol. The van der Waals surface area contributed by atoms with Crippen molar-refractivity contribution in [2.45, 2.75) is 50.8 Å². The fourth-order valence-corrected chi connectivity index (χ4v) is 4.61. The van der Waals surface area contributed by atoms with Crippen LogP contribution in [-0.2, 0) is 39.7 Å². The van der Waals surface area contributed by atoms with Crippen LogP contribution in [0.2, 0.25) is 0 Å². The number of aromatic amines is 1. The van der Waals surface area contributed by atoms with Crippen molar-refractivity contribution in [2.75, 3.05) is 33.4 Å². The van der Waals surface area contributed by atoms with Gasteiger partial charge in [-0.1, -0.05) is 30.3 Å². The predicted molar refractivity (Wildman–Crippen MR) is 135 cm³/mol. The molecule has 2 N–H and O–H groups in total. The lowest BCUT2D eigenvalue weighted by molar-refractivity contribution is -0.231. The minimum atomic E-state index is -4.96. The first-order chi connectivity index (χ1) is 19.5. The molecule has 2 unspecified atom stereocenters. The van der Waals surface area contributed by atoms with Gasteiger partial charge in [-0.15, -0.1) is 0 Å². The van der Waals surface area contributed by atoms with Crippen LogP contribution in [0.3, 0.4) is 0 Å². The number of ether oxygens (including phenoxy) is 3. The Hall–Kier alpha value is -3.04. The quantitative estimate of drug-likeness (QED) is 0.234. The Balaban J connectivity index is 1.59. The number of rotatable bonds is 11. The molecule has 41 heavy (non-hydrogen) atoms. The van der Waals surface area contributed by atoms with Crippen LogP contribution < -0.4 is 5.32 Å². The lowest BCUT2D eigenvalue weighted by atomic mass is 10.0. The number of benzene rings is 2. The second kappa shape index (κ2) is 13.3. The average molecular weight is 588 g/mol. The van der Waals surface area contributed by atoms with Crippen LogP contribution in [0.15, 0.2) is 48.5 Å². The van der Waals surface area contributed by atoms with Crippen LogP contribution in [0.5, 0.6) is 0 Å². The van der Waals surface area contributed by atoms with E-state index >= 15 is 0 Å². The van der Waals surface area contributed by atoms with Gasteiger partial charge >= 0.3 is 12.4 Å². The van der Waals surface area contributed by atoms with Gasteiger partial charge in [0.2, 0.25) is 0 Å². The molecule has 0 saturated carbocycles. The van der Waals surface area contributed by atoms with E-state index in [1.54, 1.807) is 7.11 Å². The number of hydrogen-bond acceptors (Lipinski definition) is 7. The Bertz CT molecular complexity index is 1220. The molecule has 0 amide bonds. The first kappa shape index (κ1) is 30.9. The molecule has 1 aliphatic rings. The normalized spacial score (nSPS) is 19.4. The van der Waals surface area contributed by atoms with E-state index in [4.69, 9.17) is 14.2 Å². The molecule has 1 aliphatic heterocycles. The molecule has 14 heteroatoms. The molecule has 1 saturated heterocycles. The van der Waals surface area contributed by atoms with Crippen LogP contribution >= 0.6 is 0 Å². The molecule has 0 bridgehead atoms. The predicted octanol–water partition coefficient (Wildman–Crippen LogP) is 5.26. The maximum Gasteiger partial charge on any atom is 0.416 e. The third kappa shape index (κ3) is 8.04. The number of alkyl halides is 6. The monoisotopic (exact) mass is 587 g/mol. The summed E-state index contributed by atoms with van der Waals surface area (Å²) in [6, 6.07) is 10.1. The van der Waals surface area contributed by atoms with Gasteiger partial charge in [0.1, 0.15) is 11.4 Å². The lowest BCUT2D eigenvalue weighted by Crippen LogP contribution is -2.46. The molecule has 0 radical (unpaired) electrons. The standard InChI is InChI=1S/C27H31F6N5O3/c1-17(19-12-20(26(28,29)30)14-21(13-19)27(31,32)33)41-25-24(18-6-4-3-5-7-18)38(9-11-40-25)16-23-22(35-37-36-23)15-34-8-10-39-2/h3-7,12-14,17,24-25,34H,8-11,15-16H2,1-2H3,(H,35,36,37)/t17-,24?,25?/m1/s1. The van der Waals surface area contributed by atoms with E-state index in [1.807, 2.05) is 35.2 Å². The molecule has 0 aliphatic carbocycles. The smallest absolute Gasteiger partial charge is 0.383 e. The van der Waals surface area contributed by atoms with Crippen molar-refractivity contribution in [3.8, 4) is 0 Å². The lowest BCUT2D eigenvalue weighted by Gasteiger charge is -2.42. The Morgan fingerprint density at radius 3 is 2.32 bits per heavy atom. The van der Waals surface area contributed by atoms with Gasteiger partial charge in [-0.05, 0) is 36.2 Å². The second-order valence-electron chi connectivity index (χ2n) is 9.57. The Kier molecular flexibility index (Phi) is 10.0. The van der Waals surface area contributed by atoms with Crippen LogP contribution in [0.4, 0.5) is 26.3 Å². The third-order valence-corrected chi connectivity index (χ3v) is 6.70. The number of morpholine rings is 1. The molecule has 1 aromatic heterocycles. The van der Waals surface area contributed by atoms with Gasteiger partial charge in [-0.3, -0.25) is 4.90 Å². The zero-order valence-corrected chi connectivity index (χ0v) is 22.4. The topological polar surface area (TPSA) is 84.5 Å². The summed E-state index contributed by atoms with van der Waals surface area (Å²) in [6.45, 7) is 4.03. The maximum absolute atomic E-state index is 13.5. The molecule has 0 spiro atoms. The number of aromatic nitrogens is 3. The van der Waals surface area contributed by atoms with Crippen molar-refractivity contribution in [1.82, 2.24) is 25.6 Å². The summed E-state index contributed by atoms with van der Waals surface area (Å²) in [7, 11) is 1.60. The summed E-state index contributed by atoms with van der Waals surface area (Å²) >= 11 is 0. The molecule has 1 fully saturated rings. The molecule has 2 aromatic carbocycles. The Morgan fingerprint density at radius 2 is 1.68 bits per heavy atom. The highest BCUT2D eigenvalue weighted by atomic mass is 19.4. The van der Waals surface area contributed by atoms with Crippen molar-refractivity contribution in [2.24, 2.45) is 0 Å². The highest BCUT2D eigenvalue weighted by Gasteiger charge is 2.39. The number of nitrogens with zero attached hydrogens (tertiary/aromatic N) is 3. The summed E-state index contributed by atoms with van der Waals surface area (Å²) in [5.41, 5.74) is -0.887. The number of methoxy groups -OCH3 is 1. The minimum absolute atomic E-state index is 0.0987. The van der Waals surface area contributed by atoms with Crippen LogP contribution in [0.1, 0.15) is 52.7 Å². The van der Waals surface area contributed by atoms with Crippen molar-refractivity contribution in [1.29, 1.82) is 0 Å². The van der Waals surface area contributed by atoms with E-state index in [-0.39, 0.29) is 18.2 Å². The van der Waals surface area contributed by atoms with Crippen molar-refractivity contribution in [3.05, 3.63) is 82.2 Å². The van der Waals surface area contributed by atoms with E-state index < -0.39 is 41.9 Å². The molecule has 4 rings (SSSR count). The summed E-state index contributed by atoms with van der Waals surface area (Å²) in [5.74, 6) is 0. The molecule has 2 heterocycles. The number of hydrogen-bond donors (Lipinski definition) is 2. The zero-order valence-electron chi connectivity index (χ0n) is 22.4. The third-order valence-electron chi connectivity index (χ3n) is 6.70. The van der Waals surface area contributed by atoms with Crippen LogP contribution in [0.25, 0.3) is 0 Å². The second-order valence-corrected chi connectivity index (χ2v) is 9.57. The SMILES string of the molecule is COCCNCc1n[nH]nc1CN1CCOC(O[C@H](C)c2cc(C(F)(F)F)cc(C(F)(F)F)c2)C1c1ccccc1. The molecule has 8 nitrogen and oxygen atoms in total. The number of H-pyrrole nitrogens is 1. The Morgan fingerprint density at radius 1 is 1.02 bits per heavy atom. The average Bonchev–Trinajstić information content (AvgIpc) is 3.37.